The van der Waals surface area contributed by atoms with Crippen molar-refractivity contribution in [1.82, 2.24) is 0 Å². The summed E-state index contributed by atoms with van der Waals surface area (Å²) in [7, 11) is -5.82. The van der Waals surface area contributed by atoms with Crippen molar-refractivity contribution in [3.8, 4) is 0 Å². The Balaban J connectivity index is 0.000000607. The largest absolute Gasteiger partial charge is 3.00 e. The molecule has 0 spiro atoms. The van der Waals surface area contributed by atoms with E-state index >= 15 is 0 Å². The summed E-state index contributed by atoms with van der Waals surface area (Å²) in [4.78, 5) is 11.5. The summed E-state index contributed by atoms with van der Waals surface area (Å²) >= 11 is 0. The Bertz CT molecular complexity index is 915. The van der Waals surface area contributed by atoms with Gasteiger partial charge in [0.1, 0.15) is 0 Å². The smallest absolute Gasteiger partial charge is 0.465 e. The Kier molecular flexibility index (Phi) is 19.7. The molecule has 0 amide bonds. The third-order valence-corrected chi connectivity index (χ3v) is 6.03. The van der Waals surface area contributed by atoms with Gasteiger partial charge in [0.05, 0.1) is 12.5 Å². The number of esters is 1. The third kappa shape index (κ3) is 16.8. The van der Waals surface area contributed by atoms with Crippen LogP contribution in [0.5, 0.6) is 0 Å². The summed E-state index contributed by atoms with van der Waals surface area (Å²) in [6.07, 6.45) is -0.0319. The first-order chi connectivity index (χ1) is 18.2. The first-order valence-electron chi connectivity index (χ1n) is 12.0. The average molecular weight is 608 g/mol. The van der Waals surface area contributed by atoms with Gasteiger partial charge in [0.25, 0.3) is 0 Å². The standard InChI is InChI=1S/C11H17F3O5S.3C6H5.Ni/c12-9(11(13,14)20(16,17)18)6-7-19-10(15)8-4-2-1-3-5-8;3*1-2-4-6-5-3-1;/h8-9H,1-7H2,(H,16,17,18);3*1-5H;/q;3*-1;+3. The molecule has 0 saturated heterocycles. The van der Waals surface area contributed by atoms with E-state index in [1.807, 2.05) is 91.0 Å². The number of hydrogen-bond donors (Lipinski definition) is 1. The van der Waals surface area contributed by atoms with Gasteiger partial charge in [-0.15, -0.1) is 0 Å². The van der Waals surface area contributed by atoms with Gasteiger partial charge in [0, 0.05) is 6.42 Å². The fourth-order valence-electron chi connectivity index (χ4n) is 3.07. The van der Waals surface area contributed by atoms with E-state index in [0.717, 1.165) is 19.3 Å². The Morgan fingerprint density at radius 1 is 0.821 bits per heavy atom. The van der Waals surface area contributed by atoms with Crippen LogP contribution in [0.1, 0.15) is 38.5 Å². The molecular weight excluding hydrogens is 576 g/mol. The van der Waals surface area contributed by atoms with Crippen molar-refractivity contribution in [2.75, 3.05) is 6.61 Å². The quantitative estimate of drug-likeness (QED) is 0.145. The Morgan fingerprint density at radius 3 is 1.49 bits per heavy atom. The molecule has 5 nitrogen and oxygen atoms in total. The molecule has 1 aliphatic carbocycles. The van der Waals surface area contributed by atoms with E-state index in [-0.39, 0.29) is 22.4 Å². The molecule has 3 aromatic carbocycles. The SMILES string of the molecule is O=C(OCCC(F)C(F)(F)S(=O)(=O)O)C1CCCCC1.[Ni+3].[c-]1ccccc1.[c-]1ccccc1.[c-]1ccccc1. The van der Waals surface area contributed by atoms with E-state index in [9.17, 15) is 26.4 Å². The van der Waals surface area contributed by atoms with E-state index in [2.05, 4.69) is 22.9 Å². The maximum absolute atomic E-state index is 13.1. The molecule has 0 heterocycles. The number of halogens is 3. The van der Waals surface area contributed by atoms with Crippen molar-refractivity contribution in [1.29, 1.82) is 0 Å². The van der Waals surface area contributed by atoms with Gasteiger partial charge in [-0.2, -0.15) is 126 Å². The summed E-state index contributed by atoms with van der Waals surface area (Å²) in [6.45, 7) is -0.651. The zero-order valence-corrected chi connectivity index (χ0v) is 23.0. The van der Waals surface area contributed by atoms with Crippen LogP contribution in [0.3, 0.4) is 0 Å². The second kappa shape index (κ2) is 21.2. The number of alkyl halides is 3. The summed E-state index contributed by atoms with van der Waals surface area (Å²) in [5.74, 6) is -0.879. The topological polar surface area (TPSA) is 80.7 Å². The molecule has 1 aliphatic rings. The maximum Gasteiger partial charge on any atom is 3.00 e. The van der Waals surface area contributed by atoms with Crippen LogP contribution in [0.2, 0.25) is 0 Å². The number of benzene rings is 3. The summed E-state index contributed by atoms with van der Waals surface area (Å²) in [5.41, 5.74) is 0. The molecule has 3 aromatic rings. The number of ether oxygens (including phenoxy) is 1. The van der Waals surface area contributed by atoms with Gasteiger partial charge in [0.2, 0.25) is 0 Å². The van der Waals surface area contributed by atoms with Gasteiger partial charge < -0.3 is 4.74 Å². The molecule has 0 aliphatic heterocycles. The molecule has 1 saturated carbocycles. The molecule has 1 unspecified atom stereocenters. The number of rotatable bonds is 6. The van der Waals surface area contributed by atoms with Crippen LogP contribution < -0.4 is 0 Å². The second-order valence-electron chi connectivity index (χ2n) is 8.03. The molecular formula is C29H32F3NiO5S. The normalized spacial score (nSPS) is 13.7. The van der Waals surface area contributed by atoms with Crippen LogP contribution in [0.4, 0.5) is 13.2 Å². The Morgan fingerprint density at radius 2 is 1.21 bits per heavy atom. The van der Waals surface area contributed by atoms with Crippen LogP contribution in [-0.4, -0.2) is 37.0 Å². The van der Waals surface area contributed by atoms with E-state index in [4.69, 9.17) is 4.55 Å². The van der Waals surface area contributed by atoms with E-state index in [1.165, 1.54) is 0 Å². The fourth-order valence-corrected chi connectivity index (χ4v) is 3.52. The van der Waals surface area contributed by atoms with Crippen molar-refractivity contribution < 1.29 is 52.2 Å². The average Bonchev–Trinajstić information content (AvgIpc) is 2.96. The second-order valence-corrected chi connectivity index (χ2v) is 9.52. The van der Waals surface area contributed by atoms with Gasteiger partial charge in [-0.05, 0) is 12.8 Å². The van der Waals surface area contributed by atoms with Crippen LogP contribution in [0, 0.1) is 24.1 Å². The van der Waals surface area contributed by atoms with Crippen molar-refractivity contribution >= 4 is 16.1 Å². The van der Waals surface area contributed by atoms with Crippen molar-refractivity contribution in [3.05, 3.63) is 109 Å². The minimum absolute atomic E-state index is 0. The predicted octanol–water partition coefficient (Wildman–Crippen LogP) is 6.78. The fraction of sp³-hybridized carbons (Fsp3) is 0.345. The molecule has 0 aromatic heterocycles. The van der Waals surface area contributed by atoms with Crippen molar-refractivity contribution in [2.45, 2.75) is 50.0 Å². The molecule has 1 N–H and O–H groups in total. The van der Waals surface area contributed by atoms with Crippen molar-refractivity contribution in [2.24, 2.45) is 5.92 Å². The molecule has 0 bridgehead atoms. The van der Waals surface area contributed by atoms with Gasteiger partial charge in [-0.1, -0.05) is 19.3 Å². The van der Waals surface area contributed by atoms with Gasteiger partial charge >= 0.3 is 37.8 Å². The van der Waals surface area contributed by atoms with E-state index in [1.54, 1.807) is 0 Å². The minimum atomic E-state index is -5.82. The first kappa shape index (κ1) is 36.3. The molecule has 10 heteroatoms. The number of carbonyl (C=O) groups is 1. The number of carbonyl (C=O) groups excluding carboxylic acids is 1. The van der Waals surface area contributed by atoms with E-state index in [0.29, 0.717) is 12.8 Å². The molecule has 4 rings (SSSR count). The van der Waals surface area contributed by atoms with Crippen molar-refractivity contribution in [3.63, 3.8) is 0 Å². The van der Waals surface area contributed by atoms with Gasteiger partial charge in [-0.25, -0.2) is 4.39 Å². The third-order valence-electron chi connectivity index (χ3n) is 5.08. The molecule has 39 heavy (non-hydrogen) atoms. The molecule has 215 valence electrons. The molecule has 1 radical (unpaired) electrons. The zero-order chi connectivity index (χ0) is 28.1. The van der Waals surface area contributed by atoms with Gasteiger partial charge in [-0.3, -0.25) is 9.35 Å². The maximum atomic E-state index is 13.1. The summed E-state index contributed by atoms with van der Waals surface area (Å²) in [5, 5.41) is -4.90. The molecule has 1 atom stereocenters. The number of hydrogen-bond acceptors (Lipinski definition) is 4. The van der Waals surface area contributed by atoms with Gasteiger partial charge in [0.15, 0.2) is 6.17 Å². The van der Waals surface area contributed by atoms with Crippen LogP contribution in [0.15, 0.2) is 91.0 Å². The predicted molar refractivity (Wildman–Crippen MR) is 139 cm³/mol. The van der Waals surface area contributed by atoms with Crippen LogP contribution in [-0.2, 0) is 36.1 Å². The zero-order valence-electron chi connectivity index (χ0n) is 21.2. The van der Waals surface area contributed by atoms with Crippen LogP contribution in [0.25, 0.3) is 0 Å². The van der Waals surface area contributed by atoms with Crippen LogP contribution >= 0.6 is 0 Å². The Labute approximate surface area is 239 Å². The van der Waals surface area contributed by atoms with E-state index < -0.39 is 40.5 Å². The summed E-state index contributed by atoms with van der Waals surface area (Å²) in [6, 6.07) is 37.5. The minimum Gasteiger partial charge on any atom is -0.465 e. The molecule has 1 fully saturated rings. The first-order valence-corrected chi connectivity index (χ1v) is 13.5. The summed E-state index contributed by atoms with van der Waals surface area (Å²) < 4.78 is 72.3. The monoisotopic (exact) mass is 607 g/mol. The Hall–Kier alpha value is -2.68.